The Morgan fingerprint density at radius 2 is 2.31 bits per heavy atom. The molecule has 0 saturated heterocycles. The second-order valence-electron chi connectivity index (χ2n) is 3.10. The number of allylic oxidation sites excluding steroid dienone is 1. The first kappa shape index (κ1) is 9.85. The second kappa shape index (κ2) is 5.41. The van der Waals surface area contributed by atoms with Crippen LogP contribution in [0.25, 0.3) is 0 Å². The molecule has 1 heteroatoms. The molecule has 0 atom stereocenters. The minimum atomic E-state index is 0.773. The molecular formula is C12H16O. The smallest absolute Gasteiger partial charge is 0.119 e. The van der Waals surface area contributed by atoms with Crippen LogP contribution in [-0.4, -0.2) is 6.61 Å². The van der Waals surface area contributed by atoms with E-state index < -0.39 is 0 Å². The molecule has 1 nitrogen and oxygen atoms in total. The van der Waals surface area contributed by atoms with Gasteiger partial charge < -0.3 is 4.74 Å². The van der Waals surface area contributed by atoms with Gasteiger partial charge in [0.15, 0.2) is 0 Å². The number of hydrogen-bond donors (Lipinski definition) is 0. The highest BCUT2D eigenvalue weighted by atomic mass is 16.5. The minimum absolute atomic E-state index is 0.773. The van der Waals surface area contributed by atoms with Crippen LogP contribution in [0.15, 0.2) is 36.9 Å². The lowest BCUT2D eigenvalue weighted by Gasteiger charge is -2.05. The third kappa shape index (κ3) is 3.79. The zero-order valence-electron chi connectivity index (χ0n) is 8.12. The molecule has 0 aliphatic rings. The van der Waals surface area contributed by atoms with E-state index in [9.17, 15) is 0 Å². The van der Waals surface area contributed by atoms with E-state index in [1.807, 2.05) is 24.3 Å². The largest absolute Gasteiger partial charge is 0.494 e. The van der Waals surface area contributed by atoms with Crippen molar-refractivity contribution in [3.8, 4) is 5.75 Å². The third-order valence-corrected chi connectivity index (χ3v) is 1.81. The van der Waals surface area contributed by atoms with Crippen molar-refractivity contribution in [3.05, 3.63) is 42.5 Å². The van der Waals surface area contributed by atoms with E-state index >= 15 is 0 Å². The average molecular weight is 176 g/mol. The Hall–Kier alpha value is -1.24. The molecule has 0 aromatic heterocycles. The zero-order chi connectivity index (χ0) is 9.52. The number of hydrogen-bond acceptors (Lipinski definition) is 1. The molecule has 0 heterocycles. The van der Waals surface area contributed by atoms with Crippen LogP contribution in [0.5, 0.6) is 5.75 Å². The van der Waals surface area contributed by atoms with Crippen LogP contribution < -0.4 is 4.74 Å². The summed E-state index contributed by atoms with van der Waals surface area (Å²) >= 11 is 0. The predicted octanol–water partition coefficient (Wildman–Crippen LogP) is 3.34. The maximum atomic E-state index is 5.54. The number of unbranched alkanes of at least 4 members (excludes halogenated alkanes) is 1. The van der Waals surface area contributed by atoms with Crippen LogP contribution >= 0.6 is 0 Å². The third-order valence-electron chi connectivity index (χ3n) is 1.81. The summed E-state index contributed by atoms with van der Waals surface area (Å²) < 4.78 is 5.54. The van der Waals surface area contributed by atoms with Crippen molar-refractivity contribution in [1.29, 1.82) is 0 Å². The van der Waals surface area contributed by atoms with Gasteiger partial charge in [0, 0.05) is 0 Å². The van der Waals surface area contributed by atoms with E-state index in [0.717, 1.165) is 25.2 Å². The lowest BCUT2D eigenvalue weighted by molar-refractivity contribution is 0.312. The molecule has 1 rings (SSSR count). The Bertz CT molecular complexity index is 266. The lowest BCUT2D eigenvalue weighted by atomic mass is 10.2. The average Bonchev–Trinajstić information content (AvgIpc) is 2.13. The fraction of sp³-hybridized carbons (Fsp3) is 0.333. The normalized spacial score (nSPS) is 9.62. The lowest BCUT2D eigenvalue weighted by Crippen LogP contribution is -1.96. The van der Waals surface area contributed by atoms with Gasteiger partial charge >= 0.3 is 0 Å². The van der Waals surface area contributed by atoms with Crippen LogP contribution in [0.3, 0.4) is 0 Å². The molecule has 13 heavy (non-hydrogen) atoms. The summed E-state index contributed by atoms with van der Waals surface area (Å²) in [5.41, 5.74) is 1.24. The Labute approximate surface area is 80.0 Å². The van der Waals surface area contributed by atoms with Gasteiger partial charge in [0.05, 0.1) is 6.61 Å². The van der Waals surface area contributed by atoms with E-state index in [2.05, 4.69) is 19.6 Å². The van der Waals surface area contributed by atoms with Gasteiger partial charge in [0.2, 0.25) is 0 Å². The van der Waals surface area contributed by atoms with Gasteiger partial charge in [-0.05, 0) is 37.5 Å². The van der Waals surface area contributed by atoms with Crippen molar-refractivity contribution >= 4 is 0 Å². The standard InChI is InChI=1S/C12H16O/c1-3-4-5-9-13-12-8-6-7-11(2)10-12/h3,6-8,10H,1,4-5,9H2,2H3. The molecular weight excluding hydrogens is 160 g/mol. The van der Waals surface area contributed by atoms with Crippen LogP contribution in [-0.2, 0) is 0 Å². The van der Waals surface area contributed by atoms with Gasteiger partial charge in [-0.2, -0.15) is 0 Å². The van der Waals surface area contributed by atoms with Gasteiger partial charge in [-0.15, -0.1) is 6.58 Å². The SMILES string of the molecule is C=CCCCOc1cccc(C)c1. The van der Waals surface area contributed by atoms with E-state index in [1.165, 1.54) is 5.56 Å². The minimum Gasteiger partial charge on any atom is -0.494 e. The van der Waals surface area contributed by atoms with E-state index in [1.54, 1.807) is 0 Å². The summed E-state index contributed by atoms with van der Waals surface area (Å²) in [5, 5.41) is 0. The summed E-state index contributed by atoms with van der Waals surface area (Å²) in [5.74, 6) is 0.962. The van der Waals surface area contributed by atoms with Crippen molar-refractivity contribution in [2.45, 2.75) is 19.8 Å². The Kier molecular flexibility index (Phi) is 4.10. The van der Waals surface area contributed by atoms with E-state index in [4.69, 9.17) is 4.74 Å². The summed E-state index contributed by atoms with van der Waals surface area (Å²) in [7, 11) is 0. The molecule has 0 N–H and O–H groups in total. The Morgan fingerprint density at radius 3 is 3.00 bits per heavy atom. The molecule has 0 saturated carbocycles. The van der Waals surface area contributed by atoms with Gasteiger partial charge in [0.1, 0.15) is 5.75 Å². The van der Waals surface area contributed by atoms with Gasteiger partial charge in [-0.3, -0.25) is 0 Å². The van der Waals surface area contributed by atoms with Crippen molar-refractivity contribution in [2.75, 3.05) is 6.61 Å². The first-order valence-electron chi connectivity index (χ1n) is 4.63. The summed E-state index contributed by atoms with van der Waals surface area (Å²) in [6, 6.07) is 8.11. The number of aryl methyl sites for hydroxylation is 1. The Morgan fingerprint density at radius 1 is 1.46 bits per heavy atom. The monoisotopic (exact) mass is 176 g/mol. The first-order valence-corrected chi connectivity index (χ1v) is 4.63. The fourth-order valence-electron chi connectivity index (χ4n) is 1.12. The molecule has 0 spiro atoms. The molecule has 0 fully saturated rings. The van der Waals surface area contributed by atoms with Crippen LogP contribution in [0.1, 0.15) is 18.4 Å². The number of benzene rings is 1. The summed E-state index contributed by atoms with van der Waals surface area (Å²) in [4.78, 5) is 0. The van der Waals surface area contributed by atoms with E-state index in [-0.39, 0.29) is 0 Å². The highest BCUT2D eigenvalue weighted by Crippen LogP contribution is 2.12. The quantitative estimate of drug-likeness (QED) is 0.494. The summed E-state index contributed by atoms with van der Waals surface area (Å²) in [6.45, 7) is 6.50. The molecule has 0 amide bonds. The maximum Gasteiger partial charge on any atom is 0.119 e. The number of rotatable bonds is 5. The molecule has 0 aliphatic heterocycles. The van der Waals surface area contributed by atoms with Crippen molar-refractivity contribution in [1.82, 2.24) is 0 Å². The Balaban J connectivity index is 2.32. The highest BCUT2D eigenvalue weighted by Gasteiger charge is 1.92. The molecule has 0 bridgehead atoms. The zero-order valence-corrected chi connectivity index (χ0v) is 8.12. The molecule has 0 aliphatic carbocycles. The van der Waals surface area contributed by atoms with Crippen LogP contribution in [0, 0.1) is 6.92 Å². The van der Waals surface area contributed by atoms with E-state index in [0.29, 0.717) is 0 Å². The van der Waals surface area contributed by atoms with Crippen LogP contribution in [0.2, 0.25) is 0 Å². The van der Waals surface area contributed by atoms with Gasteiger partial charge in [0.25, 0.3) is 0 Å². The molecule has 0 unspecified atom stereocenters. The van der Waals surface area contributed by atoms with Gasteiger partial charge in [-0.1, -0.05) is 18.2 Å². The predicted molar refractivity (Wildman–Crippen MR) is 56.1 cm³/mol. The summed E-state index contributed by atoms with van der Waals surface area (Å²) in [6.07, 6.45) is 3.98. The highest BCUT2D eigenvalue weighted by molar-refractivity contribution is 5.27. The van der Waals surface area contributed by atoms with Crippen molar-refractivity contribution < 1.29 is 4.74 Å². The molecule has 1 aromatic carbocycles. The maximum absolute atomic E-state index is 5.54. The first-order chi connectivity index (χ1) is 6.33. The fourth-order valence-corrected chi connectivity index (χ4v) is 1.12. The number of ether oxygens (including phenoxy) is 1. The van der Waals surface area contributed by atoms with Crippen molar-refractivity contribution in [3.63, 3.8) is 0 Å². The van der Waals surface area contributed by atoms with Crippen molar-refractivity contribution in [2.24, 2.45) is 0 Å². The topological polar surface area (TPSA) is 9.23 Å². The molecule has 1 aromatic rings. The second-order valence-corrected chi connectivity index (χ2v) is 3.10. The van der Waals surface area contributed by atoms with Gasteiger partial charge in [-0.25, -0.2) is 0 Å². The molecule has 70 valence electrons. The van der Waals surface area contributed by atoms with Crippen LogP contribution in [0.4, 0.5) is 0 Å². The molecule has 0 radical (unpaired) electrons.